The molecule has 2 amide bonds. The van der Waals surface area contributed by atoms with E-state index in [0.29, 0.717) is 30.7 Å². The molecule has 2 atom stereocenters. The number of carbonyl (C=O) groups is 3. The quantitative estimate of drug-likeness (QED) is 0.639. The number of esters is 1. The molecule has 5 aliphatic rings. The highest BCUT2D eigenvalue weighted by Crippen LogP contribution is 2.60. The normalized spacial score (nSPS) is 32.5. The summed E-state index contributed by atoms with van der Waals surface area (Å²) in [6.07, 6.45) is 7.31. The number of nitrogens with one attached hydrogen (secondary N) is 1. The van der Waals surface area contributed by atoms with Gasteiger partial charge in [0.15, 0.2) is 6.10 Å². The van der Waals surface area contributed by atoms with Gasteiger partial charge in [0.25, 0.3) is 5.91 Å². The molecule has 184 valence electrons. The molecule has 0 aromatic heterocycles. The van der Waals surface area contributed by atoms with Gasteiger partial charge in [-0.05, 0) is 108 Å². The lowest BCUT2D eigenvalue weighted by Crippen LogP contribution is -2.56. The van der Waals surface area contributed by atoms with Crippen molar-refractivity contribution in [1.29, 1.82) is 0 Å². The zero-order valence-corrected chi connectivity index (χ0v) is 21.0. The first-order chi connectivity index (χ1) is 16.1. The average molecular weight is 467 g/mol. The summed E-state index contributed by atoms with van der Waals surface area (Å²) in [6, 6.07) is 3.47. The smallest absolute Gasteiger partial charge is 0.329 e. The summed E-state index contributed by atoms with van der Waals surface area (Å²) in [5.41, 5.74) is 3.59. The molecule has 1 aliphatic heterocycles. The lowest BCUT2D eigenvalue weighted by atomic mass is 9.49. The van der Waals surface area contributed by atoms with Crippen LogP contribution in [-0.2, 0) is 19.1 Å². The molecule has 0 spiro atoms. The van der Waals surface area contributed by atoms with Gasteiger partial charge in [0, 0.05) is 12.2 Å². The molecule has 2 unspecified atom stereocenters. The van der Waals surface area contributed by atoms with Crippen LogP contribution in [0.5, 0.6) is 0 Å². The second-order valence-corrected chi connectivity index (χ2v) is 11.7. The first kappa shape index (κ1) is 23.4. The van der Waals surface area contributed by atoms with E-state index in [0.717, 1.165) is 48.1 Å². The number of likely N-dealkylation sites (tertiary alicyclic amines) is 1. The minimum absolute atomic E-state index is 0.175. The molecule has 1 N–H and O–H groups in total. The number of amides is 2. The first-order valence-electron chi connectivity index (χ1n) is 13.1. The number of benzene rings is 1. The van der Waals surface area contributed by atoms with Gasteiger partial charge in [0.2, 0.25) is 5.91 Å². The molecule has 5 fully saturated rings. The Bertz CT molecular complexity index is 957. The Balaban J connectivity index is 1.24. The van der Waals surface area contributed by atoms with Crippen molar-refractivity contribution in [2.75, 3.05) is 11.9 Å². The fourth-order valence-corrected chi connectivity index (χ4v) is 7.84. The molecule has 1 saturated heterocycles. The zero-order chi connectivity index (χ0) is 24.2. The summed E-state index contributed by atoms with van der Waals surface area (Å²) in [6.45, 7) is 8.15. The SMILES string of the molecule is Cc1cc(C)c(NC(=O)C(C)OC(=O)C2CCCN2C(=O)C23CC4CC(CC(C4)C2)C3)c(C)c1. The van der Waals surface area contributed by atoms with E-state index in [1.54, 1.807) is 11.8 Å². The van der Waals surface area contributed by atoms with Crippen molar-refractivity contribution in [3.8, 4) is 0 Å². The van der Waals surface area contributed by atoms with Crippen molar-refractivity contribution < 1.29 is 19.1 Å². The van der Waals surface area contributed by atoms with E-state index in [1.807, 2.05) is 32.9 Å². The van der Waals surface area contributed by atoms with Gasteiger partial charge >= 0.3 is 5.97 Å². The van der Waals surface area contributed by atoms with E-state index in [2.05, 4.69) is 5.32 Å². The molecular formula is C28H38N2O4. The Kier molecular flexibility index (Phi) is 5.97. The van der Waals surface area contributed by atoms with Gasteiger partial charge in [0.05, 0.1) is 5.41 Å². The molecular weight excluding hydrogens is 428 g/mol. The van der Waals surface area contributed by atoms with Gasteiger partial charge in [-0.1, -0.05) is 17.7 Å². The predicted octanol–water partition coefficient (Wildman–Crippen LogP) is 4.69. The number of hydrogen-bond acceptors (Lipinski definition) is 4. The van der Waals surface area contributed by atoms with E-state index in [-0.39, 0.29) is 17.2 Å². The molecule has 4 bridgehead atoms. The van der Waals surface area contributed by atoms with E-state index < -0.39 is 18.1 Å². The molecule has 4 aliphatic carbocycles. The Morgan fingerprint density at radius 2 is 1.56 bits per heavy atom. The summed E-state index contributed by atoms with van der Waals surface area (Å²) in [4.78, 5) is 41.6. The van der Waals surface area contributed by atoms with Crippen LogP contribution in [-0.4, -0.2) is 41.4 Å². The van der Waals surface area contributed by atoms with E-state index in [4.69, 9.17) is 4.74 Å². The number of hydrogen-bond donors (Lipinski definition) is 1. The maximum absolute atomic E-state index is 13.8. The summed E-state index contributed by atoms with van der Waals surface area (Å²) < 4.78 is 5.63. The largest absolute Gasteiger partial charge is 0.451 e. The molecule has 1 aromatic rings. The summed E-state index contributed by atoms with van der Waals surface area (Å²) in [5.74, 6) is 1.42. The highest BCUT2D eigenvalue weighted by Gasteiger charge is 2.57. The first-order valence-corrected chi connectivity index (χ1v) is 13.1. The molecule has 6 nitrogen and oxygen atoms in total. The van der Waals surface area contributed by atoms with Crippen LogP contribution in [0.1, 0.15) is 75.0 Å². The Morgan fingerprint density at radius 3 is 2.12 bits per heavy atom. The Labute approximate surface area is 202 Å². The zero-order valence-electron chi connectivity index (χ0n) is 21.0. The van der Waals surface area contributed by atoms with Gasteiger partial charge < -0.3 is 15.0 Å². The minimum atomic E-state index is -0.926. The van der Waals surface area contributed by atoms with Gasteiger partial charge in [-0.2, -0.15) is 0 Å². The second-order valence-electron chi connectivity index (χ2n) is 11.7. The van der Waals surface area contributed by atoms with Crippen LogP contribution < -0.4 is 5.32 Å². The topological polar surface area (TPSA) is 75.7 Å². The van der Waals surface area contributed by atoms with E-state index >= 15 is 0 Å². The second kappa shape index (κ2) is 8.69. The third kappa shape index (κ3) is 4.14. The van der Waals surface area contributed by atoms with Crippen molar-refractivity contribution in [1.82, 2.24) is 4.90 Å². The molecule has 1 heterocycles. The number of carbonyl (C=O) groups excluding carboxylic acids is 3. The Morgan fingerprint density at radius 1 is 1.00 bits per heavy atom. The number of anilines is 1. The molecule has 4 saturated carbocycles. The lowest BCUT2D eigenvalue weighted by molar-refractivity contribution is -0.168. The highest BCUT2D eigenvalue weighted by atomic mass is 16.5. The van der Waals surface area contributed by atoms with Crippen molar-refractivity contribution >= 4 is 23.5 Å². The van der Waals surface area contributed by atoms with Crippen molar-refractivity contribution in [3.05, 3.63) is 28.8 Å². The van der Waals surface area contributed by atoms with Crippen LogP contribution >= 0.6 is 0 Å². The number of ether oxygens (including phenoxy) is 1. The highest BCUT2D eigenvalue weighted by molar-refractivity contribution is 5.97. The van der Waals surface area contributed by atoms with Crippen LogP contribution in [0.4, 0.5) is 5.69 Å². The van der Waals surface area contributed by atoms with Crippen LogP contribution in [0.15, 0.2) is 12.1 Å². The summed E-state index contributed by atoms with van der Waals surface area (Å²) in [7, 11) is 0. The third-order valence-electron chi connectivity index (χ3n) is 8.87. The number of rotatable bonds is 5. The van der Waals surface area contributed by atoms with Gasteiger partial charge in [-0.25, -0.2) is 4.79 Å². The molecule has 34 heavy (non-hydrogen) atoms. The fraction of sp³-hybridized carbons (Fsp3) is 0.679. The van der Waals surface area contributed by atoms with Crippen LogP contribution in [0.3, 0.4) is 0 Å². The maximum atomic E-state index is 13.8. The third-order valence-corrected chi connectivity index (χ3v) is 8.87. The number of aryl methyl sites for hydroxylation is 3. The minimum Gasteiger partial charge on any atom is -0.451 e. The molecule has 6 rings (SSSR count). The lowest BCUT2D eigenvalue weighted by Gasteiger charge is -2.56. The standard InChI is InChI=1S/C28H38N2O4/c1-16-8-17(2)24(18(3)9-16)29-25(31)19(4)34-26(32)23-6-5-7-30(23)27(33)28-13-20-10-21(14-28)12-22(11-20)15-28/h8-9,19-23H,5-7,10-15H2,1-4H3,(H,29,31). The predicted molar refractivity (Wildman–Crippen MR) is 130 cm³/mol. The molecule has 1 aromatic carbocycles. The fourth-order valence-electron chi connectivity index (χ4n) is 7.84. The van der Waals surface area contributed by atoms with Gasteiger partial charge in [-0.15, -0.1) is 0 Å². The van der Waals surface area contributed by atoms with Gasteiger partial charge in [-0.3, -0.25) is 9.59 Å². The Hall–Kier alpha value is -2.37. The van der Waals surface area contributed by atoms with Crippen molar-refractivity contribution in [3.63, 3.8) is 0 Å². The monoisotopic (exact) mass is 466 g/mol. The van der Waals surface area contributed by atoms with E-state index in [1.165, 1.54) is 19.3 Å². The summed E-state index contributed by atoms with van der Waals surface area (Å²) in [5, 5.41) is 2.93. The van der Waals surface area contributed by atoms with Crippen LogP contribution in [0.2, 0.25) is 0 Å². The maximum Gasteiger partial charge on any atom is 0.329 e. The number of nitrogens with zero attached hydrogens (tertiary/aromatic N) is 1. The van der Waals surface area contributed by atoms with Crippen LogP contribution in [0.25, 0.3) is 0 Å². The molecule has 0 radical (unpaired) electrons. The van der Waals surface area contributed by atoms with Crippen molar-refractivity contribution in [2.24, 2.45) is 23.2 Å². The van der Waals surface area contributed by atoms with Crippen LogP contribution in [0, 0.1) is 43.9 Å². The van der Waals surface area contributed by atoms with Gasteiger partial charge in [0.1, 0.15) is 6.04 Å². The molecule has 6 heteroatoms. The summed E-state index contributed by atoms with van der Waals surface area (Å²) >= 11 is 0. The van der Waals surface area contributed by atoms with Crippen molar-refractivity contribution in [2.45, 2.75) is 91.2 Å². The average Bonchev–Trinajstić information content (AvgIpc) is 3.24. The van der Waals surface area contributed by atoms with E-state index in [9.17, 15) is 14.4 Å².